The van der Waals surface area contributed by atoms with E-state index in [0.29, 0.717) is 31.2 Å². The molecule has 1 fully saturated rings. The standard InChI is InChI=1S/C20H21ClN2O3S/c1-26-20(25)19(16-6-2-3-7-17(16)21)23-12-10-22(11-13-23)18(24)9-8-15-5-4-14-27-15/h2-9,14,19H,10-13H2,1H3. The summed E-state index contributed by atoms with van der Waals surface area (Å²) in [4.78, 5) is 29.7. The quantitative estimate of drug-likeness (QED) is 0.565. The fraction of sp³-hybridized carbons (Fsp3) is 0.300. The lowest BCUT2D eigenvalue weighted by Gasteiger charge is -2.38. The number of benzene rings is 1. The summed E-state index contributed by atoms with van der Waals surface area (Å²) in [6.07, 6.45) is 3.44. The summed E-state index contributed by atoms with van der Waals surface area (Å²) in [5.74, 6) is -0.365. The Morgan fingerprint density at radius 1 is 1.15 bits per heavy atom. The zero-order valence-corrected chi connectivity index (χ0v) is 16.6. The third-order valence-electron chi connectivity index (χ3n) is 4.55. The molecule has 142 valence electrons. The summed E-state index contributed by atoms with van der Waals surface area (Å²) in [5, 5.41) is 2.51. The molecule has 27 heavy (non-hydrogen) atoms. The van der Waals surface area contributed by atoms with Crippen molar-refractivity contribution < 1.29 is 14.3 Å². The SMILES string of the molecule is COC(=O)C(c1ccccc1Cl)N1CCN(C(=O)C=Cc2cccs2)CC1. The highest BCUT2D eigenvalue weighted by Gasteiger charge is 2.33. The molecular formula is C20H21ClN2O3S. The number of thiophene rings is 1. The summed E-state index contributed by atoms with van der Waals surface area (Å²) in [7, 11) is 1.38. The molecule has 0 bridgehead atoms. The van der Waals surface area contributed by atoms with Gasteiger partial charge in [0.2, 0.25) is 5.91 Å². The molecular weight excluding hydrogens is 384 g/mol. The fourth-order valence-corrected chi connectivity index (χ4v) is 3.98. The van der Waals surface area contributed by atoms with Crippen LogP contribution in [0.5, 0.6) is 0 Å². The average molecular weight is 405 g/mol. The highest BCUT2D eigenvalue weighted by atomic mass is 35.5. The van der Waals surface area contributed by atoms with E-state index in [1.165, 1.54) is 7.11 Å². The van der Waals surface area contributed by atoms with Crippen LogP contribution in [0.15, 0.2) is 47.9 Å². The molecule has 1 atom stereocenters. The van der Waals surface area contributed by atoms with E-state index >= 15 is 0 Å². The van der Waals surface area contributed by atoms with E-state index in [1.807, 2.05) is 46.7 Å². The Kier molecular flexibility index (Phi) is 6.66. The summed E-state index contributed by atoms with van der Waals surface area (Å²) in [6, 6.07) is 10.6. The Balaban J connectivity index is 1.66. The van der Waals surface area contributed by atoms with Crippen molar-refractivity contribution in [3.05, 3.63) is 63.3 Å². The van der Waals surface area contributed by atoms with E-state index in [9.17, 15) is 9.59 Å². The number of rotatable bonds is 5. The van der Waals surface area contributed by atoms with Crippen LogP contribution in [0.3, 0.4) is 0 Å². The fourth-order valence-electron chi connectivity index (χ4n) is 3.13. The molecule has 7 heteroatoms. The third kappa shape index (κ3) is 4.77. The lowest BCUT2D eigenvalue weighted by Crippen LogP contribution is -2.50. The third-order valence-corrected chi connectivity index (χ3v) is 5.73. The molecule has 1 unspecified atom stereocenters. The number of esters is 1. The first kappa shape index (κ1) is 19.6. The Morgan fingerprint density at radius 2 is 1.89 bits per heavy atom. The molecule has 1 aromatic carbocycles. The number of methoxy groups -OCH3 is 1. The van der Waals surface area contributed by atoms with Crippen molar-refractivity contribution in [2.24, 2.45) is 0 Å². The van der Waals surface area contributed by atoms with Gasteiger partial charge in [-0.25, -0.2) is 4.79 Å². The topological polar surface area (TPSA) is 49.9 Å². The molecule has 0 saturated carbocycles. The number of piperazine rings is 1. The van der Waals surface area contributed by atoms with Crippen LogP contribution in [0.4, 0.5) is 0 Å². The van der Waals surface area contributed by atoms with Crippen LogP contribution in [0.1, 0.15) is 16.5 Å². The van der Waals surface area contributed by atoms with Gasteiger partial charge in [0.05, 0.1) is 7.11 Å². The molecule has 1 amide bonds. The highest BCUT2D eigenvalue weighted by molar-refractivity contribution is 7.10. The van der Waals surface area contributed by atoms with E-state index in [-0.39, 0.29) is 11.9 Å². The second-order valence-corrected chi connectivity index (χ2v) is 7.54. The average Bonchev–Trinajstić information content (AvgIpc) is 3.22. The first-order chi connectivity index (χ1) is 13.1. The van der Waals surface area contributed by atoms with Gasteiger partial charge in [0.15, 0.2) is 0 Å². The van der Waals surface area contributed by atoms with Gasteiger partial charge in [-0.3, -0.25) is 9.69 Å². The monoisotopic (exact) mass is 404 g/mol. The predicted octanol–water partition coefficient (Wildman–Crippen LogP) is 3.47. The van der Waals surface area contributed by atoms with Crippen LogP contribution in [0.2, 0.25) is 5.02 Å². The van der Waals surface area contributed by atoms with Crippen LogP contribution in [0, 0.1) is 0 Å². The zero-order valence-electron chi connectivity index (χ0n) is 15.0. The van der Waals surface area contributed by atoms with Crippen LogP contribution < -0.4 is 0 Å². The molecule has 0 radical (unpaired) electrons. The van der Waals surface area contributed by atoms with Gasteiger partial charge < -0.3 is 9.64 Å². The maximum atomic E-state index is 12.4. The van der Waals surface area contributed by atoms with Gasteiger partial charge in [0.25, 0.3) is 0 Å². The first-order valence-electron chi connectivity index (χ1n) is 8.67. The molecule has 0 aliphatic carbocycles. The molecule has 0 spiro atoms. The number of carbonyl (C=O) groups is 2. The number of ether oxygens (including phenoxy) is 1. The van der Waals surface area contributed by atoms with Crippen molar-refractivity contribution >= 4 is 40.9 Å². The summed E-state index contributed by atoms with van der Waals surface area (Å²) in [5.41, 5.74) is 0.725. The van der Waals surface area contributed by atoms with Gasteiger partial charge >= 0.3 is 5.97 Å². The number of hydrogen-bond acceptors (Lipinski definition) is 5. The normalized spacial score (nSPS) is 16.4. The smallest absolute Gasteiger partial charge is 0.327 e. The van der Waals surface area contributed by atoms with Crippen LogP contribution in [0.25, 0.3) is 6.08 Å². The lowest BCUT2D eigenvalue weighted by molar-refractivity contribution is -0.148. The van der Waals surface area contributed by atoms with Gasteiger partial charge in [-0.15, -0.1) is 11.3 Å². The zero-order chi connectivity index (χ0) is 19.2. The molecule has 3 rings (SSSR count). The van der Waals surface area contributed by atoms with Crippen molar-refractivity contribution in [1.29, 1.82) is 0 Å². The van der Waals surface area contributed by atoms with Gasteiger partial charge in [-0.2, -0.15) is 0 Å². The van der Waals surface area contributed by atoms with Crippen LogP contribution >= 0.6 is 22.9 Å². The number of amides is 1. The number of hydrogen-bond donors (Lipinski definition) is 0. The van der Waals surface area contributed by atoms with Crippen LogP contribution in [-0.2, 0) is 14.3 Å². The number of halogens is 1. The minimum Gasteiger partial charge on any atom is -0.468 e. The van der Waals surface area contributed by atoms with Gasteiger partial charge in [-0.05, 0) is 29.2 Å². The molecule has 0 N–H and O–H groups in total. The molecule has 1 aliphatic heterocycles. The summed E-state index contributed by atoms with van der Waals surface area (Å²) >= 11 is 7.89. The van der Waals surface area contributed by atoms with Gasteiger partial charge in [-0.1, -0.05) is 35.9 Å². The summed E-state index contributed by atoms with van der Waals surface area (Å²) in [6.45, 7) is 2.24. The Morgan fingerprint density at radius 3 is 2.52 bits per heavy atom. The number of carbonyl (C=O) groups excluding carboxylic acids is 2. The second kappa shape index (κ2) is 9.17. The van der Waals surface area contributed by atoms with Crippen molar-refractivity contribution in [2.45, 2.75) is 6.04 Å². The van der Waals surface area contributed by atoms with E-state index in [1.54, 1.807) is 28.4 Å². The van der Waals surface area contributed by atoms with Crippen molar-refractivity contribution in [1.82, 2.24) is 9.80 Å². The van der Waals surface area contributed by atoms with E-state index < -0.39 is 6.04 Å². The maximum absolute atomic E-state index is 12.4. The van der Waals surface area contributed by atoms with Gasteiger partial charge in [0, 0.05) is 42.2 Å². The van der Waals surface area contributed by atoms with Gasteiger partial charge in [0.1, 0.15) is 6.04 Å². The minimum atomic E-state index is -0.567. The predicted molar refractivity (Wildman–Crippen MR) is 108 cm³/mol. The Labute approximate surface area is 167 Å². The molecule has 5 nitrogen and oxygen atoms in total. The van der Waals surface area contributed by atoms with Crippen molar-refractivity contribution in [3.63, 3.8) is 0 Å². The van der Waals surface area contributed by atoms with E-state index in [2.05, 4.69) is 0 Å². The Bertz CT molecular complexity index is 814. The molecule has 1 saturated heterocycles. The van der Waals surface area contributed by atoms with Crippen molar-refractivity contribution in [2.75, 3.05) is 33.3 Å². The van der Waals surface area contributed by atoms with Crippen molar-refractivity contribution in [3.8, 4) is 0 Å². The molecule has 2 heterocycles. The highest BCUT2D eigenvalue weighted by Crippen LogP contribution is 2.29. The maximum Gasteiger partial charge on any atom is 0.327 e. The minimum absolute atomic E-state index is 0.0181. The van der Waals surface area contributed by atoms with Crippen LogP contribution in [-0.4, -0.2) is 55.0 Å². The molecule has 1 aromatic heterocycles. The Hall–Kier alpha value is -2.15. The summed E-state index contributed by atoms with van der Waals surface area (Å²) < 4.78 is 5.00. The second-order valence-electron chi connectivity index (χ2n) is 6.16. The molecule has 1 aliphatic rings. The van der Waals surface area contributed by atoms with E-state index in [4.69, 9.17) is 16.3 Å². The first-order valence-corrected chi connectivity index (χ1v) is 9.92. The lowest BCUT2D eigenvalue weighted by atomic mass is 10.0. The molecule has 2 aromatic rings. The van der Waals surface area contributed by atoms with E-state index in [0.717, 1.165) is 10.4 Å². The largest absolute Gasteiger partial charge is 0.468 e. The number of nitrogens with zero attached hydrogens (tertiary/aromatic N) is 2.